The van der Waals surface area contributed by atoms with Gasteiger partial charge in [0.15, 0.2) is 0 Å². The predicted octanol–water partition coefficient (Wildman–Crippen LogP) is 5.30. The first-order valence-electron chi connectivity index (χ1n) is 9.13. The smallest absolute Gasteiger partial charge is 0.303 e. The number of unbranched alkanes of at least 4 members (excludes halogenated alkanes) is 3. The van der Waals surface area contributed by atoms with Crippen molar-refractivity contribution in [2.24, 2.45) is 17.8 Å². The molecule has 1 N–H and O–H groups in total. The van der Waals surface area contributed by atoms with Gasteiger partial charge in [-0.05, 0) is 24.2 Å². The van der Waals surface area contributed by atoms with E-state index in [0.717, 1.165) is 37.0 Å². The van der Waals surface area contributed by atoms with Gasteiger partial charge in [-0.25, -0.2) is 0 Å². The van der Waals surface area contributed by atoms with Crippen LogP contribution < -0.4 is 0 Å². The minimum atomic E-state index is -0.675. The first-order valence-corrected chi connectivity index (χ1v) is 9.13. The van der Waals surface area contributed by atoms with Crippen molar-refractivity contribution in [3.63, 3.8) is 0 Å². The van der Waals surface area contributed by atoms with Gasteiger partial charge < -0.3 is 10.0 Å². The summed E-state index contributed by atoms with van der Waals surface area (Å²) in [6, 6.07) is 0. The summed E-state index contributed by atoms with van der Waals surface area (Å²) in [5.41, 5.74) is 0. The standard InChI is InChI=1S/C12H27N.C7H14O2/c1-10(2)7-13(8-11(3)4)9-12(5)6;1-2-3-4-5-6-7(8)9/h10-12H,7-9H2,1-6H3;2-6H2,1H3,(H,8,9). The summed E-state index contributed by atoms with van der Waals surface area (Å²) in [7, 11) is 0. The first kappa shape index (κ1) is 23.7. The normalized spacial score (nSPS) is 11.2. The fraction of sp³-hybridized carbons (Fsp3) is 0.947. The van der Waals surface area contributed by atoms with E-state index in [9.17, 15) is 4.79 Å². The Bertz CT molecular complexity index is 226. The Hall–Kier alpha value is -0.570. The maximum atomic E-state index is 9.96. The molecule has 0 aromatic rings. The molecule has 0 bridgehead atoms. The van der Waals surface area contributed by atoms with Crippen molar-refractivity contribution in [2.45, 2.75) is 80.6 Å². The number of carboxylic acid groups (broad SMARTS) is 1. The van der Waals surface area contributed by atoms with Crippen LogP contribution in [-0.2, 0) is 4.79 Å². The van der Waals surface area contributed by atoms with E-state index in [4.69, 9.17) is 5.11 Å². The molecule has 0 aromatic carbocycles. The van der Waals surface area contributed by atoms with Crippen molar-refractivity contribution >= 4 is 5.97 Å². The maximum absolute atomic E-state index is 9.96. The zero-order chi connectivity index (χ0) is 17.5. The summed E-state index contributed by atoms with van der Waals surface area (Å²) in [5, 5.41) is 8.21. The molecule has 0 aliphatic rings. The first-order chi connectivity index (χ1) is 10.2. The molecule has 0 aliphatic heterocycles. The lowest BCUT2D eigenvalue weighted by molar-refractivity contribution is -0.137. The zero-order valence-electron chi connectivity index (χ0n) is 16.2. The lowest BCUT2D eigenvalue weighted by Crippen LogP contribution is -2.34. The number of nitrogens with zero attached hydrogens (tertiary/aromatic N) is 1. The van der Waals surface area contributed by atoms with Crippen LogP contribution in [0.1, 0.15) is 80.6 Å². The molecule has 0 rings (SSSR count). The highest BCUT2D eigenvalue weighted by atomic mass is 16.4. The molecule has 0 heterocycles. The van der Waals surface area contributed by atoms with Gasteiger partial charge in [-0.2, -0.15) is 0 Å². The van der Waals surface area contributed by atoms with Crippen LogP contribution in [-0.4, -0.2) is 35.6 Å². The zero-order valence-corrected chi connectivity index (χ0v) is 16.2. The summed E-state index contributed by atoms with van der Waals surface area (Å²) in [6.07, 6.45) is 4.55. The molecule has 0 amide bonds. The van der Waals surface area contributed by atoms with Gasteiger partial charge in [0.1, 0.15) is 0 Å². The van der Waals surface area contributed by atoms with Crippen LogP contribution in [0.2, 0.25) is 0 Å². The van der Waals surface area contributed by atoms with Gasteiger partial charge in [0.05, 0.1) is 0 Å². The number of carboxylic acids is 1. The van der Waals surface area contributed by atoms with E-state index in [1.165, 1.54) is 26.1 Å². The van der Waals surface area contributed by atoms with Gasteiger partial charge in [0, 0.05) is 26.1 Å². The molecule has 3 heteroatoms. The highest BCUT2D eigenvalue weighted by Crippen LogP contribution is 2.06. The predicted molar refractivity (Wildman–Crippen MR) is 97.3 cm³/mol. The van der Waals surface area contributed by atoms with E-state index >= 15 is 0 Å². The SMILES string of the molecule is CC(C)CN(CC(C)C)CC(C)C.CCCCCCC(=O)O. The van der Waals surface area contributed by atoms with Gasteiger partial charge in [-0.1, -0.05) is 67.7 Å². The largest absolute Gasteiger partial charge is 0.481 e. The Morgan fingerprint density at radius 1 is 0.818 bits per heavy atom. The minimum Gasteiger partial charge on any atom is -0.481 e. The summed E-state index contributed by atoms with van der Waals surface area (Å²) < 4.78 is 0. The minimum absolute atomic E-state index is 0.333. The monoisotopic (exact) mass is 315 g/mol. The molecule has 0 spiro atoms. The number of rotatable bonds is 11. The summed E-state index contributed by atoms with van der Waals surface area (Å²) in [5.74, 6) is 1.69. The van der Waals surface area contributed by atoms with Gasteiger partial charge in [-0.3, -0.25) is 4.79 Å². The number of hydrogen-bond donors (Lipinski definition) is 1. The Labute approximate surface area is 139 Å². The lowest BCUT2D eigenvalue weighted by atomic mass is 10.1. The van der Waals surface area contributed by atoms with Crippen LogP contribution in [0, 0.1) is 17.8 Å². The van der Waals surface area contributed by atoms with E-state index in [-0.39, 0.29) is 0 Å². The third-order valence-electron chi connectivity index (χ3n) is 3.11. The third-order valence-corrected chi connectivity index (χ3v) is 3.11. The molecule has 22 heavy (non-hydrogen) atoms. The van der Waals surface area contributed by atoms with E-state index < -0.39 is 5.97 Å². The highest BCUT2D eigenvalue weighted by molar-refractivity contribution is 5.66. The van der Waals surface area contributed by atoms with Crippen LogP contribution in [0.15, 0.2) is 0 Å². The van der Waals surface area contributed by atoms with Gasteiger partial charge >= 0.3 is 5.97 Å². The lowest BCUT2D eigenvalue weighted by Gasteiger charge is -2.27. The van der Waals surface area contributed by atoms with Crippen LogP contribution >= 0.6 is 0 Å². The van der Waals surface area contributed by atoms with Crippen LogP contribution in [0.25, 0.3) is 0 Å². The molecule has 0 saturated heterocycles. The Balaban J connectivity index is 0. The molecule has 3 nitrogen and oxygen atoms in total. The second-order valence-electron chi connectivity index (χ2n) is 7.60. The second kappa shape index (κ2) is 15.3. The highest BCUT2D eigenvalue weighted by Gasteiger charge is 2.10. The molecular weight excluding hydrogens is 274 g/mol. The van der Waals surface area contributed by atoms with Crippen molar-refractivity contribution in [3.05, 3.63) is 0 Å². The van der Waals surface area contributed by atoms with Crippen molar-refractivity contribution < 1.29 is 9.90 Å². The summed E-state index contributed by atoms with van der Waals surface area (Å²) in [6.45, 7) is 19.6. The molecule has 0 aromatic heterocycles. The van der Waals surface area contributed by atoms with Gasteiger partial charge in [0.2, 0.25) is 0 Å². The van der Waals surface area contributed by atoms with Crippen molar-refractivity contribution in [1.29, 1.82) is 0 Å². The van der Waals surface area contributed by atoms with Gasteiger partial charge in [0.25, 0.3) is 0 Å². The average Bonchev–Trinajstić information content (AvgIpc) is 2.32. The Morgan fingerprint density at radius 3 is 1.50 bits per heavy atom. The Kier molecular flexibility index (Phi) is 16.5. The van der Waals surface area contributed by atoms with Crippen molar-refractivity contribution in [1.82, 2.24) is 4.90 Å². The molecule has 0 aliphatic carbocycles. The summed E-state index contributed by atoms with van der Waals surface area (Å²) >= 11 is 0. The number of carbonyl (C=O) groups is 1. The van der Waals surface area contributed by atoms with E-state index in [0.29, 0.717) is 6.42 Å². The van der Waals surface area contributed by atoms with Gasteiger partial charge in [-0.15, -0.1) is 0 Å². The molecule has 0 fully saturated rings. The second-order valence-corrected chi connectivity index (χ2v) is 7.60. The molecule has 0 saturated carbocycles. The van der Waals surface area contributed by atoms with Crippen molar-refractivity contribution in [3.8, 4) is 0 Å². The van der Waals surface area contributed by atoms with E-state index in [1.807, 2.05) is 0 Å². The van der Waals surface area contributed by atoms with Crippen LogP contribution in [0.3, 0.4) is 0 Å². The third kappa shape index (κ3) is 21.7. The maximum Gasteiger partial charge on any atom is 0.303 e. The molecule has 134 valence electrons. The van der Waals surface area contributed by atoms with Crippen LogP contribution in [0.5, 0.6) is 0 Å². The summed E-state index contributed by atoms with van der Waals surface area (Å²) in [4.78, 5) is 12.6. The van der Waals surface area contributed by atoms with Crippen molar-refractivity contribution in [2.75, 3.05) is 19.6 Å². The molecule has 0 unspecified atom stereocenters. The average molecular weight is 316 g/mol. The Morgan fingerprint density at radius 2 is 1.23 bits per heavy atom. The molecular formula is C19H41NO2. The van der Waals surface area contributed by atoms with Crippen LogP contribution in [0.4, 0.5) is 0 Å². The van der Waals surface area contributed by atoms with E-state index in [1.54, 1.807) is 0 Å². The van der Waals surface area contributed by atoms with E-state index in [2.05, 4.69) is 53.4 Å². The number of hydrogen-bond acceptors (Lipinski definition) is 2. The fourth-order valence-electron chi connectivity index (χ4n) is 2.48. The fourth-order valence-corrected chi connectivity index (χ4v) is 2.48. The molecule has 0 radical (unpaired) electrons. The quantitative estimate of drug-likeness (QED) is 0.526. The molecule has 0 atom stereocenters. The number of aliphatic carboxylic acids is 1. The topological polar surface area (TPSA) is 40.5 Å².